The molecule has 2 aromatic rings. The quantitative estimate of drug-likeness (QED) is 0.685. The normalized spacial score (nSPS) is 10.4. The van der Waals surface area contributed by atoms with Crippen molar-refractivity contribution in [3.8, 4) is 5.75 Å². The Labute approximate surface area is 120 Å². The number of carboxylic acids is 1. The fraction of sp³-hybridized carbons (Fsp3) is 0.0909. The molecule has 0 atom stereocenters. The maximum Gasteiger partial charge on any atom is 0.322 e. The first-order valence-corrected chi connectivity index (χ1v) is 6.22. The van der Waals surface area contributed by atoms with Crippen LogP contribution in [0.3, 0.4) is 0 Å². The van der Waals surface area contributed by atoms with Crippen molar-refractivity contribution in [3.63, 3.8) is 0 Å². The molecule has 0 saturated carbocycles. The summed E-state index contributed by atoms with van der Waals surface area (Å²) < 4.78 is 0.918. The zero-order valence-electron chi connectivity index (χ0n) is 9.42. The second-order valence-electron chi connectivity index (χ2n) is 3.64. The van der Waals surface area contributed by atoms with Crippen molar-refractivity contribution in [2.24, 2.45) is 0 Å². The van der Waals surface area contributed by atoms with E-state index >= 15 is 0 Å². The number of aromatic hydroxyl groups is 1. The molecule has 1 heterocycles. The van der Waals surface area contributed by atoms with Crippen LogP contribution in [0.4, 0.5) is 0 Å². The van der Waals surface area contributed by atoms with Crippen molar-refractivity contribution in [2.45, 2.75) is 0 Å². The first kappa shape index (κ1) is 13.5. The largest absolute Gasteiger partial charge is 0.505 e. The second-order valence-corrected chi connectivity index (χ2v) is 4.88. The van der Waals surface area contributed by atoms with Crippen LogP contribution < -0.4 is 5.32 Å². The monoisotopic (exact) mass is 373 g/mol. The Hall–Kier alpha value is -1.97. The van der Waals surface area contributed by atoms with Crippen LogP contribution in [0.2, 0.25) is 0 Å². The molecule has 0 bridgehead atoms. The summed E-state index contributed by atoms with van der Waals surface area (Å²) in [6.07, 6.45) is 0. The average Bonchev–Trinajstić information content (AvgIpc) is 2.36. The maximum absolute atomic E-state index is 11.6. The lowest BCUT2D eigenvalue weighted by molar-refractivity contribution is -0.135. The molecule has 0 aliphatic rings. The molecule has 0 aliphatic heterocycles. The van der Waals surface area contributed by atoms with Gasteiger partial charge in [0.15, 0.2) is 11.4 Å². The van der Waals surface area contributed by atoms with Crippen LogP contribution in [-0.2, 0) is 4.79 Å². The maximum atomic E-state index is 11.6. The van der Waals surface area contributed by atoms with Crippen LogP contribution >= 0.6 is 22.6 Å². The minimum absolute atomic E-state index is 0.296. The smallest absolute Gasteiger partial charge is 0.322 e. The van der Waals surface area contributed by atoms with Crippen molar-refractivity contribution < 1.29 is 19.8 Å². The average molecular weight is 373 g/mol. The first-order chi connectivity index (χ1) is 8.99. The summed E-state index contributed by atoms with van der Waals surface area (Å²) in [4.78, 5) is 22.0. The molecule has 3 N–H and O–H groups in total. The third kappa shape index (κ3) is 2.89. The van der Waals surface area contributed by atoms with E-state index in [1.807, 2.05) is 0 Å². The molecule has 1 aromatic heterocycles. The molecule has 1 aromatic carbocycles. The topological polar surface area (TPSA) is 112 Å². The number of hydrogen-bond acceptors (Lipinski definition) is 5. The molecule has 1 amide bonds. The summed E-state index contributed by atoms with van der Waals surface area (Å²) in [5, 5.41) is 28.4. The van der Waals surface area contributed by atoms with Gasteiger partial charge in [-0.2, -0.15) is 0 Å². The van der Waals surface area contributed by atoms with Crippen molar-refractivity contribution in [1.29, 1.82) is 0 Å². The van der Waals surface area contributed by atoms with Gasteiger partial charge in [-0.25, -0.2) is 0 Å². The molecule has 0 spiro atoms. The highest BCUT2D eigenvalue weighted by molar-refractivity contribution is 14.1. The minimum atomic E-state index is -1.18. The van der Waals surface area contributed by atoms with E-state index in [4.69, 9.17) is 5.11 Å². The molecular formula is C11H8IN3O4. The number of carbonyl (C=O) groups is 2. The molecule has 8 heteroatoms. The highest BCUT2D eigenvalue weighted by atomic mass is 127. The summed E-state index contributed by atoms with van der Waals surface area (Å²) in [7, 11) is 0. The molecule has 0 unspecified atom stereocenters. The fourth-order valence-electron chi connectivity index (χ4n) is 1.46. The van der Waals surface area contributed by atoms with E-state index in [1.54, 1.807) is 18.2 Å². The van der Waals surface area contributed by atoms with Gasteiger partial charge in [0, 0.05) is 8.96 Å². The molecule has 0 fully saturated rings. The van der Waals surface area contributed by atoms with E-state index in [-0.39, 0.29) is 11.4 Å². The molecule has 0 radical (unpaired) electrons. The van der Waals surface area contributed by atoms with Crippen LogP contribution in [-0.4, -0.2) is 38.8 Å². The number of aromatic nitrogens is 2. The van der Waals surface area contributed by atoms with Crippen molar-refractivity contribution in [2.75, 3.05) is 6.54 Å². The van der Waals surface area contributed by atoms with Crippen LogP contribution in [0.15, 0.2) is 18.2 Å². The van der Waals surface area contributed by atoms with Crippen LogP contribution in [0.5, 0.6) is 5.75 Å². The highest BCUT2D eigenvalue weighted by Crippen LogP contribution is 2.26. The van der Waals surface area contributed by atoms with E-state index in [2.05, 4.69) is 38.1 Å². The molecule has 7 nitrogen and oxygen atoms in total. The zero-order valence-corrected chi connectivity index (χ0v) is 11.6. The second kappa shape index (κ2) is 5.34. The molecule has 0 saturated heterocycles. The molecule has 0 aliphatic carbocycles. The van der Waals surface area contributed by atoms with Gasteiger partial charge in [-0.1, -0.05) is 0 Å². The van der Waals surface area contributed by atoms with E-state index in [9.17, 15) is 14.7 Å². The fourth-order valence-corrected chi connectivity index (χ4v) is 1.93. The number of fused-ring (bicyclic) bond motifs is 1. The summed E-state index contributed by atoms with van der Waals surface area (Å²) in [6, 6.07) is 5.08. The SMILES string of the molecule is O=C(O)CNC(=O)c1nnc2cc(I)ccc2c1O. The number of hydrogen-bond donors (Lipinski definition) is 3. The lowest BCUT2D eigenvalue weighted by Crippen LogP contribution is -2.30. The highest BCUT2D eigenvalue weighted by Gasteiger charge is 2.17. The Morgan fingerprint density at radius 1 is 1.32 bits per heavy atom. The lowest BCUT2D eigenvalue weighted by Gasteiger charge is -2.06. The zero-order chi connectivity index (χ0) is 14.0. The van der Waals surface area contributed by atoms with Crippen molar-refractivity contribution in [3.05, 3.63) is 27.5 Å². The van der Waals surface area contributed by atoms with Gasteiger partial charge in [0.1, 0.15) is 6.54 Å². The minimum Gasteiger partial charge on any atom is -0.505 e. The number of carboxylic acid groups (broad SMARTS) is 1. The summed E-state index contributed by atoms with van der Waals surface area (Å²) in [5.41, 5.74) is 0.161. The number of amides is 1. The van der Waals surface area contributed by atoms with Gasteiger partial charge in [-0.15, -0.1) is 10.2 Å². The van der Waals surface area contributed by atoms with Gasteiger partial charge in [0.2, 0.25) is 0 Å². The number of benzene rings is 1. The van der Waals surface area contributed by atoms with Gasteiger partial charge in [0.25, 0.3) is 5.91 Å². The van der Waals surface area contributed by atoms with Gasteiger partial charge in [-0.3, -0.25) is 9.59 Å². The Balaban J connectivity index is 2.40. The van der Waals surface area contributed by atoms with E-state index in [0.717, 1.165) is 3.57 Å². The van der Waals surface area contributed by atoms with Gasteiger partial charge in [0.05, 0.1) is 5.52 Å². The van der Waals surface area contributed by atoms with Gasteiger partial charge >= 0.3 is 5.97 Å². The van der Waals surface area contributed by atoms with Crippen LogP contribution in [0.25, 0.3) is 10.9 Å². The van der Waals surface area contributed by atoms with E-state index in [0.29, 0.717) is 10.9 Å². The van der Waals surface area contributed by atoms with E-state index < -0.39 is 18.4 Å². The van der Waals surface area contributed by atoms with Crippen LogP contribution in [0, 0.1) is 3.57 Å². The molecule has 2 rings (SSSR count). The summed E-state index contributed by atoms with van der Waals surface area (Å²) in [6.45, 7) is -0.551. The van der Waals surface area contributed by atoms with Crippen molar-refractivity contribution in [1.82, 2.24) is 15.5 Å². The summed E-state index contributed by atoms with van der Waals surface area (Å²) in [5.74, 6) is -2.28. The lowest BCUT2D eigenvalue weighted by atomic mass is 10.2. The number of carbonyl (C=O) groups excluding carboxylic acids is 1. The van der Waals surface area contributed by atoms with Crippen molar-refractivity contribution >= 4 is 45.4 Å². The predicted molar refractivity (Wildman–Crippen MR) is 73.9 cm³/mol. The van der Waals surface area contributed by atoms with Gasteiger partial charge < -0.3 is 15.5 Å². The third-order valence-electron chi connectivity index (χ3n) is 2.31. The number of nitrogens with one attached hydrogen (secondary N) is 1. The third-order valence-corrected chi connectivity index (χ3v) is 2.98. The molecule has 98 valence electrons. The number of halogens is 1. The first-order valence-electron chi connectivity index (χ1n) is 5.14. The Morgan fingerprint density at radius 3 is 2.74 bits per heavy atom. The molecule has 19 heavy (non-hydrogen) atoms. The van der Waals surface area contributed by atoms with E-state index in [1.165, 1.54) is 0 Å². The number of nitrogens with zero attached hydrogens (tertiary/aromatic N) is 2. The summed E-state index contributed by atoms with van der Waals surface area (Å²) >= 11 is 2.09. The number of rotatable bonds is 3. The van der Waals surface area contributed by atoms with Crippen LogP contribution in [0.1, 0.15) is 10.5 Å². The Bertz CT molecular complexity index is 674. The predicted octanol–water partition coefficient (Wildman–Crippen LogP) is 0.754. The number of aliphatic carboxylic acids is 1. The Morgan fingerprint density at radius 2 is 2.05 bits per heavy atom. The van der Waals surface area contributed by atoms with Gasteiger partial charge in [-0.05, 0) is 40.8 Å². The Kier molecular flexibility index (Phi) is 3.79. The molecular weight excluding hydrogens is 365 g/mol. The standard InChI is InChI=1S/C11H8IN3O4/c12-5-1-2-6-7(3-5)14-15-9(10(6)18)11(19)13-4-8(16)17/h1-3H,4H2,(H,13,19)(H,14,18)(H,16,17).